The summed E-state index contributed by atoms with van der Waals surface area (Å²) >= 11 is 0. The standard InChI is InChI=1S/C20H22N8O2/c1-21-20(29)13-11-22-17(25-16-7-8-27(2)26-16)9-15(13)24-14-6-5-12-10-23-28(3)18(12)19(14)30-4/h5-11H,1-4H3,(H,21,29)(H2,22,24,25,26)/i1D3,3D3. The lowest BCUT2D eigenvalue weighted by molar-refractivity contribution is 0.0963. The largest absolute Gasteiger partial charge is 0.492 e. The number of aromatic nitrogens is 5. The monoisotopic (exact) mass is 412 g/mol. The molecular formula is C20H22N8O2. The molecule has 0 atom stereocenters. The predicted molar refractivity (Wildman–Crippen MR) is 115 cm³/mol. The van der Waals surface area contributed by atoms with Gasteiger partial charge in [-0.15, -0.1) is 0 Å². The maximum Gasteiger partial charge on any atom is 0.254 e. The normalized spacial score (nSPS) is 14.6. The van der Waals surface area contributed by atoms with Crippen LogP contribution in [0.5, 0.6) is 5.75 Å². The van der Waals surface area contributed by atoms with Crippen molar-refractivity contribution in [2.24, 2.45) is 14.0 Å². The van der Waals surface area contributed by atoms with Crippen molar-refractivity contribution >= 4 is 39.8 Å². The first-order chi connectivity index (χ1) is 16.9. The molecule has 0 aliphatic heterocycles. The maximum absolute atomic E-state index is 12.7. The molecule has 1 aromatic carbocycles. The van der Waals surface area contributed by atoms with Crippen LogP contribution in [-0.4, -0.2) is 44.5 Å². The summed E-state index contributed by atoms with van der Waals surface area (Å²) in [6, 6.07) is 6.49. The van der Waals surface area contributed by atoms with E-state index in [-0.39, 0.29) is 22.5 Å². The summed E-state index contributed by atoms with van der Waals surface area (Å²) in [5.74, 6) is 0.0896. The zero-order chi connectivity index (χ0) is 26.3. The molecule has 0 fully saturated rings. The first-order valence-electron chi connectivity index (χ1n) is 11.8. The fraction of sp³-hybridized carbons (Fsp3) is 0.200. The number of aryl methyl sites for hydroxylation is 2. The first kappa shape index (κ1) is 13.2. The molecule has 0 radical (unpaired) electrons. The first-order valence-corrected chi connectivity index (χ1v) is 8.77. The molecule has 0 spiro atoms. The van der Waals surface area contributed by atoms with Crippen molar-refractivity contribution in [2.45, 2.75) is 0 Å². The van der Waals surface area contributed by atoms with Gasteiger partial charge < -0.3 is 20.7 Å². The highest BCUT2D eigenvalue weighted by molar-refractivity contribution is 6.01. The Kier molecular flexibility index (Phi) is 3.41. The fourth-order valence-corrected chi connectivity index (χ4v) is 3.03. The van der Waals surface area contributed by atoms with Crippen LogP contribution in [0.2, 0.25) is 0 Å². The van der Waals surface area contributed by atoms with Crippen LogP contribution in [0.1, 0.15) is 18.6 Å². The maximum atomic E-state index is 12.7. The van der Waals surface area contributed by atoms with E-state index in [1.54, 1.807) is 36.1 Å². The molecule has 10 heteroatoms. The number of nitrogens with zero attached hydrogens (tertiary/aromatic N) is 5. The van der Waals surface area contributed by atoms with E-state index < -0.39 is 19.9 Å². The van der Waals surface area contributed by atoms with Gasteiger partial charge in [0.2, 0.25) is 0 Å². The van der Waals surface area contributed by atoms with Gasteiger partial charge in [0.25, 0.3) is 5.91 Å². The van der Waals surface area contributed by atoms with Crippen LogP contribution in [0.15, 0.2) is 42.9 Å². The lowest BCUT2D eigenvalue weighted by Gasteiger charge is -2.16. The van der Waals surface area contributed by atoms with E-state index >= 15 is 0 Å². The van der Waals surface area contributed by atoms with Crippen LogP contribution in [0.25, 0.3) is 10.9 Å². The summed E-state index contributed by atoms with van der Waals surface area (Å²) in [6.45, 7) is -5.28. The summed E-state index contributed by atoms with van der Waals surface area (Å²) in [6.07, 6.45) is 4.35. The third-order valence-corrected chi connectivity index (χ3v) is 4.39. The molecule has 4 rings (SSSR count). The Morgan fingerprint density at radius 2 is 2.07 bits per heavy atom. The zero-order valence-corrected chi connectivity index (χ0v) is 16.1. The number of benzene rings is 1. The number of fused-ring (bicyclic) bond motifs is 1. The van der Waals surface area contributed by atoms with Gasteiger partial charge in [0.1, 0.15) is 11.3 Å². The third kappa shape index (κ3) is 3.50. The molecule has 154 valence electrons. The lowest BCUT2D eigenvalue weighted by atomic mass is 10.1. The van der Waals surface area contributed by atoms with Gasteiger partial charge in [0.05, 0.1) is 30.2 Å². The number of ether oxygens (including phenoxy) is 1. The van der Waals surface area contributed by atoms with Crippen LogP contribution in [0.4, 0.5) is 23.0 Å². The van der Waals surface area contributed by atoms with Crippen LogP contribution in [-0.2, 0) is 14.0 Å². The Labute approximate surface area is 181 Å². The molecule has 1 amide bonds. The second-order valence-electron chi connectivity index (χ2n) is 6.33. The van der Waals surface area contributed by atoms with Gasteiger partial charge in [0.15, 0.2) is 11.6 Å². The average Bonchev–Trinajstić information content (AvgIpc) is 3.38. The average molecular weight is 412 g/mol. The van der Waals surface area contributed by atoms with Crippen LogP contribution < -0.4 is 20.7 Å². The van der Waals surface area contributed by atoms with Crippen molar-refractivity contribution in [3.63, 3.8) is 0 Å². The van der Waals surface area contributed by atoms with Gasteiger partial charge in [-0.3, -0.25) is 14.2 Å². The van der Waals surface area contributed by atoms with Crippen molar-refractivity contribution in [1.82, 2.24) is 29.9 Å². The Morgan fingerprint density at radius 3 is 2.80 bits per heavy atom. The third-order valence-electron chi connectivity index (χ3n) is 4.39. The number of pyridine rings is 1. The van der Waals surface area contributed by atoms with E-state index in [1.165, 1.54) is 25.6 Å². The molecule has 0 saturated carbocycles. The molecule has 3 aromatic heterocycles. The van der Waals surface area contributed by atoms with E-state index in [0.717, 1.165) is 4.68 Å². The Morgan fingerprint density at radius 1 is 1.17 bits per heavy atom. The molecule has 4 aromatic rings. The van der Waals surface area contributed by atoms with Gasteiger partial charge in [0, 0.05) is 59.1 Å². The van der Waals surface area contributed by atoms with Gasteiger partial charge in [-0.1, -0.05) is 0 Å². The molecule has 0 bridgehead atoms. The SMILES string of the molecule is [2H]C([2H])([2H])NC(=O)c1cnc(Nc2ccn(C)n2)cc1Nc1ccc2cnn(C([2H])([2H])[2H])c2c1OC. The summed E-state index contributed by atoms with van der Waals surface area (Å²) in [5.41, 5.74) is 0.651. The van der Waals surface area contributed by atoms with Crippen molar-refractivity contribution in [3.05, 3.63) is 48.4 Å². The quantitative estimate of drug-likeness (QED) is 0.446. The molecule has 10 nitrogen and oxygen atoms in total. The fourth-order valence-electron chi connectivity index (χ4n) is 3.03. The minimum atomic E-state index is -2.72. The highest BCUT2D eigenvalue weighted by atomic mass is 16.5. The predicted octanol–water partition coefficient (Wildman–Crippen LogP) is 2.56. The zero-order valence-electron chi connectivity index (χ0n) is 22.1. The van der Waals surface area contributed by atoms with Gasteiger partial charge in [-0.2, -0.15) is 10.2 Å². The molecule has 0 unspecified atom stereocenters. The minimum absolute atomic E-state index is 0.0656. The molecule has 0 aliphatic carbocycles. The second-order valence-corrected chi connectivity index (χ2v) is 6.33. The molecule has 30 heavy (non-hydrogen) atoms. The van der Waals surface area contributed by atoms with Gasteiger partial charge in [-0.25, -0.2) is 4.98 Å². The van der Waals surface area contributed by atoms with Crippen LogP contribution in [0, 0.1) is 0 Å². The summed E-state index contributed by atoms with van der Waals surface area (Å²) in [7, 11) is 3.12. The summed E-state index contributed by atoms with van der Waals surface area (Å²) in [4.78, 5) is 17.0. The van der Waals surface area contributed by atoms with E-state index in [4.69, 9.17) is 13.0 Å². The summed E-state index contributed by atoms with van der Waals surface area (Å²) in [5, 5.41) is 16.7. The summed E-state index contributed by atoms with van der Waals surface area (Å²) < 4.78 is 53.4. The number of anilines is 4. The molecule has 3 N–H and O–H groups in total. The topological polar surface area (TPSA) is 111 Å². The van der Waals surface area contributed by atoms with E-state index in [2.05, 4.69) is 25.8 Å². The number of nitrogens with one attached hydrogen (secondary N) is 3. The Hall–Kier alpha value is -4.08. The second kappa shape index (κ2) is 7.74. The molecule has 0 saturated heterocycles. The number of carbonyl (C=O) groups excluding carboxylic acids is 1. The Bertz CT molecular complexity index is 1430. The molecular weight excluding hydrogens is 384 g/mol. The molecule has 0 aliphatic rings. The minimum Gasteiger partial charge on any atom is -0.492 e. The van der Waals surface area contributed by atoms with Crippen LogP contribution >= 0.6 is 0 Å². The molecule has 3 heterocycles. The van der Waals surface area contributed by atoms with Crippen molar-refractivity contribution in [1.29, 1.82) is 0 Å². The number of methoxy groups -OCH3 is 1. The highest BCUT2D eigenvalue weighted by Crippen LogP contribution is 2.36. The number of amides is 1. The van der Waals surface area contributed by atoms with E-state index in [9.17, 15) is 4.79 Å². The number of hydrogen-bond acceptors (Lipinski definition) is 7. The van der Waals surface area contributed by atoms with Gasteiger partial charge in [-0.05, 0) is 12.1 Å². The van der Waals surface area contributed by atoms with E-state index in [1.807, 2.05) is 5.32 Å². The lowest BCUT2D eigenvalue weighted by Crippen LogP contribution is -2.19. The number of carbonyl (C=O) groups is 1. The number of hydrogen-bond donors (Lipinski definition) is 3. The van der Waals surface area contributed by atoms with Crippen molar-refractivity contribution < 1.29 is 17.8 Å². The van der Waals surface area contributed by atoms with E-state index in [0.29, 0.717) is 22.7 Å². The van der Waals surface area contributed by atoms with Crippen molar-refractivity contribution in [2.75, 3.05) is 24.7 Å². The van der Waals surface area contributed by atoms with Gasteiger partial charge >= 0.3 is 0 Å². The Balaban J connectivity index is 1.80. The smallest absolute Gasteiger partial charge is 0.254 e. The number of rotatable bonds is 6. The van der Waals surface area contributed by atoms with Crippen LogP contribution in [0.3, 0.4) is 0 Å². The van der Waals surface area contributed by atoms with Crippen molar-refractivity contribution in [3.8, 4) is 5.75 Å². The highest BCUT2D eigenvalue weighted by Gasteiger charge is 2.17.